The quantitative estimate of drug-likeness (QED) is 0.887. The Morgan fingerprint density at radius 3 is 2.68 bits per heavy atom. The fourth-order valence-electron chi connectivity index (χ4n) is 1.46. The molecule has 0 radical (unpaired) electrons. The van der Waals surface area contributed by atoms with E-state index in [1.807, 2.05) is 17.5 Å². The summed E-state index contributed by atoms with van der Waals surface area (Å²) in [6, 6.07) is 4.50. The van der Waals surface area contributed by atoms with E-state index in [0.29, 0.717) is 0 Å². The summed E-state index contributed by atoms with van der Waals surface area (Å²) in [5.74, 6) is -1.14. The molecule has 2 aromatic rings. The molecule has 0 aliphatic rings. The summed E-state index contributed by atoms with van der Waals surface area (Å²) in [5, 5.41) is 12.0. The van der Waals surface area contributed by atoms with E-state index >= 15 is 0 Å². The molecule has 2 N–H and O–H groups in total. The van der Waals surface area contributed by atoms with Crippen LogP contribution in [0.4, 0.5) is 0 Å². The first kappa shape index (κ1) is 14.2. The molecule has 8 heteroatoms. The predicted molar refractivity (Wildman–Crippen MR) is 74.3 cm³/mol. The Morgan fingerprint density at radius 1 is 1.42 bits per heavy atom. The van der Waals surface area contributed by atoms with Gasteiger partial charge in [0, 0.05) is 10.3 Å². The summed E-state index contributed by atoms with van der Waals surface area (Å²) >= 11 is 2.36. The largest absolute Gasteiger partial charge is 0.478 e. The Morgan fingerprint density at radius 2 is 2.16 bits per heavy atom. The number of rotatable bonds is 5. The number of carboxylic acids is 1. The van der Waals surface area contributed by atoms with Gasteiger partial charge in [-0.25, -0.2) is 17.9 Å². The number of hydrogen-bond acceptors (Lipinski definition) is 5. The van der Waals surface area contributed by atoms with Crippen LogP contribution in [0.5, 0.6) is 0 Å². The summed E-state index contributed by atoms with van der Waals surface area (Å²) in [6.07, 6.45) is 0. The van der Waals surface area contributed by atoms with E-state index in [4.69, 9.17) is 5.11 Å². The Balaban J connectivity index is 2.20. The molecule has 0 spiro atoms. The lowest BCUT2D eigenvalue weighted by Gasteiger charge is -2.11. The van der Waals surface area contributed by atoms with E-state index in [0.717, 1.165) is 22.3 Å². The molecule has 0 saturated carbocycles. The van der Waals surface area contributed by atoms with Crippen LogP contribution in [0.25, 0.3) is 0 Å². The summed E-state index contributed by atoms with van der Waals surface area (Å²) in [5.41, 5.74) is -0.0193. The van der Waals surface area contributed by atoms with Crippen molar-refractivity contribution in [3.05, 3.63) is 39.4 Å². The predicted octanol–water partition coefficient (Wildman–Crippen LogP) is 2.55. The minimum Gasteiger partial charge on any atom is -0.478 e. The number of hydrogen-bond donors (Lipinski definition) is 2. The van der Waals surface area contributed by atoms with Crippen LogP contribution in [0.15, 0.2) is 33.2 Å². The van der Waals surface area contributed by atoms with Crippen molar-refractivity contribution < 1.29 is 18.3 Å². The first-order valence-corrected chi connectivity index (χ1v) is 8.52. The lowest BCUT2D eigenvalue weighted by molar-refractivity contribution is 0.0697. The third kappa shape index (κ3) is 3.21. The van der Waals surface area contributed by atoms with Gasteiger partial charge >= 0.3 is 5.97 Å². The molecule has 0 amide bonds. The van der Waals surface area contributed by atoms with Crippen LogP contribution < -0.4 is 4.72 Å². The third-order valence-electron chi connectivity index (χ3n) is 2.39. The van der Waals surface area contributed by atoms with Crippen LogP contribution in [0.1, 0.15) is 28.2 Å². The van der Waals surface area contributed by atoms with Gasteiger partial charge < -0.3 is 5.11 Å². The van der Waals surface area contributed by atoms with E-state index < -0.39 is 16.0 Å². The van der Waals surface area contributed by atoms with Crippen LogP contribution >= 0.6 is 22.7 Å². The molecule has 0 aliphatic heterocycles. The van der Waals surface area contributed by atoms with Gasteiger partial charge in [0.1, 0.15) is 4.21 Å². The first-order chi connectivity index (χ1) is 8.90. The van der Waals surface area contributed by atoms with Crippen molar-refractivity contribution in [3.8, 4) is 0 Å². The first-order valence-electron chi connectivity index (χ1n) is 5.28. The van der Waals surface area contributed by atoms with Gasteiger partial charge in [-0.15, -0.1) is 22.7 Å². The zero-order valence-corrected chi connectivity index (χ0v) is 12.3. The second kappa shape index (κ2) is 5.41. The van der Waals surface area contributed by atoms with Gasteiger partial charge in [-0.3, -0.25) is 0 Å². The van der Waals surface area contributed by atoms with Gasteiger partial charge in [0.05, 0.1) is 11.6 Å². The molecule has 0 aromatic carbocycles. The van der Waals surface area contributed by atoms with E-state index in [2.05, 4.69) is 4.72 Å². The molecular formula is C11H11NO4S3. The highest BCUT2D eigenvalue weighted by atomic mass is 32.2. The van der Waals surface area contributed by atoms with Crippen LogP contribution in [-0.4, -0.2) is 19.5 Å². The minimum atomic E-state index is -3.69. The normalized spacial score (nSPS) is 13.3. The van der Waals surface area contributed by atoms with E-state index in [1.54, 1.807) is 6.92 Å². The summed E-state index contributed by atoms with van der Waals surface area (Å²) < 4.78 is 26.7. The number of carboxylic acid groups (broad SMARTS) is 1. The lowest BCUT2D eigenvalue weighted by atomic mass is 10.3. The molecular weight excluding hydrogens is 306 g/mol. The van der Waals surface area contributed by atoms with Crippen molar-refractivity contribution in [2.24, 2.45) is 0 Å². The molecule has 2 aromatic heterocycles. The van der Waals surface area contributed by atoms with Gasteiger partial charge in [-0.05, 0) is 24.4 Å². The van der Waals surface area contributed by atoms with Gasteiger partial charge in [0.2, 0.25) is 0 Å². The second-order valence-electron chi connectivity index (χ2n) is 3.82. The van der Waals surface area contributed by atoms with Crippen LogP contribution in [-0.2, 0) is 10.0 Å². The van der Waals surface area contributed by atoms with E-state index in [9.17, 15) is 13.2 Å². The number of sulfonamides is 1. The van der Waals surface area contributed by atoms with Gasteiger partial charge in [0.15, 0.2) is 0 Å². The SMILES string of the molecule is C[C@@H](NS(=O)(=O)c1cc(C(=O)O)cs1)c1cccs1. The van der Waals surface area contributed by atoms with Gasteiger partial charge in [-0.1, -0.05) is 6.07 Å². The molecule has 0 bridgehead atoms. The Labute approximate surface area is 118 Å². The smallest absolute Gasteiger partial charge is 0.336 e. The Bertz CT molecular complexity index is 673. The maximum Gasteiger partial charge on any atom is 0.336 e. The van der Waals surface area contributed by atoms with Gasteiger partial charge in [-0.2, -0.15) is 0 Å². The Hall–Kier alpha value is -1.22. The monoisotopic (exact) mass is 317 g/mol. The molecule has 5 nitrogen and oxygen atoms in total. The van der Waals surface area contributed by atoms with Crippen molar-refractivity contribution in [2.45, 2.75) is 17.2 Å². The van der Waals surface area contributed by atoms with Crippen molar-refractivity contribution in [3.63, 3.8) is 0 Å². The number of thiophene rings is 2. The summed E-state index contributed by atoms with van der Waals surface area (Å²) in [7, 11) is -3.69. The lowest BCUT2D eigenvalue weighted by Crippen LogP contribution is -2.25. The molecule has 0 fully saturated rings. The van der Waals surface area contributed by atoms with Crippen molar-refractivity contribution in [1.29, 1.82) is 0 Å². The Kier molecular flexibility index (Phi) is 4.04. The molecule has 19 heavy (non-hydrogen) atoms. The molecule has 0 saturated heterocycles. The molecule has 2 rings (SSSR count). The standard InChI is InChI=1S/C11H11NO4S3/c1-7(9-3-2-4-17-9)12-19(15,16)10-5-8(6-18-10)11(13)14/h2-7,12H,1H3,(H,13,14)/t7-/m1/s1. The zero-order chi connectivity index (χ0) is 14.0. The molecule has 102 valence electrons. The second-order valence-corrected chi connectivity index (χ2v) is 7.65. The molecule has 1 atom stereocenters. The highest BCUT2D eigenvalue weighted by molar-refractivity contribution is 7.91. The average molecular weight is 317 g/mol. The third-order valence-corrected chi connectivity index (χ3v) is 6.42. The number of nitrogens with one attached hydrogen (secondary N) is 1. The summed E-state index contributed by atoms with van der Waals surface area (Å²) in [4.78, 5) is 11.6. The highest BCUT2D eigenvalue weighted by Gasteiger charge is 2.22. The van der Waals surface area contributed by atoms with Crippen LogP contribution in [0.3, 0.4) is 0 Å². The van der Waals surface area contributed by atoms with E-state index in [-0.39, 0.29) is 15.8 Å². The van der Waals surface area contributed by atoms with Crippen molar-refractivity contribution in [1.82, 2.24) is 4.72 Å². The zero-order valence-electron chi connectivity index (χ0n) is 9.86. The minimum absolute atomic E-state index is 0.00769. The van der Waals surface area contributed by atoms with Crippen molar-refractivity contribution >= 4 is 38.7 Å². The van der Waals surface area contributed by atoms with E-state index in [1.165, 1.54) is 16.7 Å². The van der Waals surface area contributed by atoms with Crippen LogP contribution in [0, 0.1) is 0 Å². The number of carbonyl (C=O) groups is 1. The van der Waals surface area contributed by atoms with Crippen LogP contribution in [0.2, 0.25) is 0 Å². The average Bonchev–Trinajstić information content (AvgIpc) is 3.00. The molecule has 0 aliphatic carbocycles. The highest BCUT2D eigenvalue weighted by Crippen LogP contribution is 2.24. The molecule has 0 unspecified atom stereocenters. The molecule has 2 heterocycles. The maximum absolute atomic E-state index is 12.1. The maximum atomic E-state index is 12.1. The summed E-state index contributed by atoms with van der Waals surface area (Å²) in [6.45, 7) is 1.75. The fourth-order valence-corrected chi connectivity index (χ4v) is 4.66. The van der Waals surface area contributed by atoms with Gasteiger partial charge in [0.25, 0.3) is 10.0 Å². The van der Waals surface area contributed by atoms with Crippen molar-refractivity contribution in [2.75, 3.05) is 0 Å². The topological polar surface area (TPSA) is 83.5 Å². The fraction of sp³-hybridized carbons (Fsp3) is 0.182. The number of aromatic carboxylic acids is 1.